The first-order valence-corrected chi connectivity index (χ1v) is 11.1. The first-order valence-electron chi connectivity index (χ1n) is 10.7. The number of benzene rings is 4. The number of nitrogens with one attached hydrogen (secondary N) is 1. The summed E-state index contributed by atoms with van der Waals surface area (Å²) in [5, 5.41) is 4.76. The average Bonchev–Trinajstić information content (AvgIpc) is 2.88. The van der Waals surface area contributed by atoms with Gasteiger partial charge in [0.15, 0.2) is 0 Å². The smallest absolute Gasteiger partial charge is 0.275 e. The topological polar surface area (TPSA) is 59.9 Å². The highest BCUT2D eigenvalue weighted by Crippen LogP contribution is 2.20. The molecule has 0 saturated carbocycles. The number of hydrogen-bond donors (Lipinski definition) is 1. The normalized spacial score (nSPS) is 10.7. The number of carbonyl (C=O) groups is 1. The summed E-state index contributed by atoms with van der Waals surface area (Å²) in [4.78, 5) is 12.7. The molecule has 5 nitrogen and oxygen atoms in total. The van der Waals surface area contributed by atoms with E-state index in [0.29, 0.717) is 35.3 Å². The Kier molecular flexibility index (Phi) is 7.93. The Bertz CT molecular complexity index is 1280. The number of hydrogen-bond acceptors (Lipinski definition) is 4. The van der Waals surface area contributed by atoms with Gasteiger partial charge in [0.05, 0.1) is 11.8 Å². The van der Waals surface area contributed by atoms with Gasteiger partial charge in [0, 0.05) is 10.6 Å². The van der Waals surface area contributed by atoms with Crippen LogP contribution < -0.4 is 14.9 Å². The molecule has 0 atom stereocenters. The molecule has 34 heavy (non-hydrogen) atoms. The number of halogens is 1. The molecule has 1 N–H and O–H groups in total. The van der Waals surface area contributed by atoms with Gasteiger partial charge in [-0.3, -0.25) is 4.79 Å². The molecule has 0 heterocycles. The second-order valence-electron chi connectivity index (χ2n) is 7.42. The van der Waals surface area contributed by atoms with Gasteiger partial charge in [-0.05, 0) is 41.5 Å². The molecule has 6 heteroatoms. The monoisotopic (exact) mass is 470 g/mol. The van der Waals surface area contributed by atoms with E-state index in [9.17, 15) is 4.79 Å². The van der Waals surface area contributed by atoms with Crippen LogP contribution in [0.25, 0.3) is 0 Å². The van der Waals surface area contributed by atoms with Crippen molar-refractivity contribution in [2.45, 2.75) is 13.2 Å². The van der Waals surface area contributed by atoms with Crippen molar-refractivity contribution in [3.63, 3.8) is 0 Å². The molecule has 0 spiro atoms. The molecule has 1 amide bonds. The van der Waals surface area contributed by atoms with Crippen molar-refractivity contribution in [1.29, 1.82) is 0 Å². The summed E-state index contributed by atoms with van der Waals surface area (Å²) in [5.74, 6) is 0.815. The fourth-order valence-corrected chi connectivity index (χ4v) is 3.39. The highest BCUT2D eigenvalue weighted by Gasteiger charge is 2.11. The Balaban J connectivity index is 1.35. The van der Waals surface area contributed by atoms with E-state index in [4.69, 9.17) is 21.1 Å². The van der Waals surface area contributed by atoms with Gasteiger partial charge in [-0.25, -0.2) is 5.43 Å². The van der Waals surface area contributed by atoms with Crippen molar-refractivity contribution in [2.24, 2.45) is 5.10 Å². The van der Waals surface area contributed by atoms with E-state index in [-0.39, 0.29) is 5.91 Å². The Labute approximate surface area is 203 Å². The molecule has 4 aromatic rings. The molecule has 0 unspecified atom stereocenters. The molecule has 170 valence electrons. The summed E-state index contributed by atoms with van der Waals surface area (Å²) in [6, 6.07) is 31.8. The zero-order valence-corrected chi connectivity index (χ0v) is 19.1. The number of amides is 1. The number of nitrogens with zero attached hydrogens (tertiary/aromatic N) is 1. The maximum atomic E-state index is 12.7. The van der Waals surface area contributed by atoms with Crippen LogP contribution in [0.3, 0.4) is 0 Å². The van der Waals surface area contributed by atoms with Gasteiger partial charge in [-0.1, -0.05) is 84.4 Å². The van der Waals surface area contributed by atoms with Gasteiger partial charge >= 0.3 is 0 Å². The Hall–Kier alpha value is -4.09. The van der Waals surface area contributed by atoms with E-state index < -0.39 is 0 Å². The van der Waals surface area contributed by atoms with E-state index in [0.717, 1.165) is 16.7 Å². The maximum absolute atomic E-state index is 12.7. The summed E-state index contributed by atoms with van der Waals surface area (Å²) in [7, 11) is 0. The minimum atomic E-state index is -0.356. The minimum Gasteiger partial charge on any atom is -0.489 e. The van der Waals surface area contributed by atoms with Crippen molar-refractivity contribution in [2.75, 3.05) is 0 Å². The molecule has 0 aromatic heterocycles. The van der Waals surface area contributed by atoms with E-state index in [2.05, 4.69) is 10.5 Å². The van der Waals surface area contributed by atoms with Gasteiger partial charge < -0.3 is 9.47 Å². The van der Waals surface area contributed by atoms with Gasteiger partial charge in [0.1, 0.15) is 24.7 Å². The molecule has 0 bridgehead atoms. The standard InChI is InChI=1S/C28H23ClN2O3/c29-26-15-6-4-12-23(26)20-33-24-13-8-11-22(17-24)18-30-31-28(32)25-14-5-7-16-27(25)34-19-21-9-2-1-3-10-21/h1-18H,19-20H2,(H,31,32)/b30-18-. The molecular weight excluding hydrogens is 448 g/mol. The minimum absolute atomic E-state index is 0.356. The molecule has 4 rings (SSSR count). The first-order chi connectivity index (χ1) is 16.7. The Morgan fingerprint density at radius 2 is 1.59 bits per heavy atom. The quantitative estimate of drug-likeness (QED) is 0.232. The molecule has 4 aromatic carbocycles. The van der Waals surface area contributed by atoms with Crippen LogP contribution in [0.15, 0.2) is 108 Å². The van der Waals surface area contributed by atoms with E-state index in [1.54, 1.807) is 24.4 Å². The zero-order valence-electron chi connectivity index (χ0n) is 18.4. The third-order valence-electron chi connectivity index (χ3n) is 4.96. The molecular formula is C28H23ClN2O3. The molecule has 0 radical (unpaired) electrons. The van der Waals surface area contributed by atoms with Crippen LogP contribution in [0.2, 0.25) is 5.02 Å². The van der Waals surface area contributed by atoms with Crippen LogP contribution in [-0.4, -0.2) is 12.1 Å². The number of hydrazone groups is 1. The van der Waals surface area contributed by atoms with Crippen molar-refractivity contribution in [3.05, 3.63) is 130 Å². The SMILES string of the molecule is O=C(N/N=C\c1cccc(OCc2ccccc2Cl)c1)c1ccccc1OCc1ccccc1. The fraction of sp³-hybridized carbons (Fsp3) is 0.0714. The number of para-hydroxylation sites is 1. The second-order valence-corrected chi connectivity index (χ2v) is 7.83. The van der Waals surface area contributed by atoms with E-state index >= 15 is 0 Å². The van der Waals surface area contributed by atoms with Gasteiger partial charge in [0.2, 0.25) is 0 Å². The lowest BCUT2D eigenvalue weighted by Gasteiger charge is -2.10. The van der Waals surface area contributed by atoms with Crippen LogP contribution >= 0.6 is 11.6 Å². The van der Waals surface area contributed by atoms with Crippen LogP contribution in [0.5, 0.6) is 11.5 Å². The Morgan fingerprint density at radius 1 is 0.824 bits per heavy atom. The third-order valence-corrected chi connectivity index (χ3v) is 5.33. The molecule has 0 aliphatic rings. The molecule has 0 aliphatic heterocycles. The summed E-state index contributed by atoms with van der Waals surface area (Å²) in [6.45, 7) is 0.728. The zero-order chi connectivity index (χ0) is 23.6. The summed E-state index contributed by atoms with van der Waals surface area (Å²) >= 11 is 6.18. The number of rotatable bonds is 9. The number of ether oxygens (including phenoxy) is 2. The van der Waals surface area contributed by atoms with Crippen LogP contribution in [0.4, 0.5) is 0 Å². The van der Waals surface area contributed by atoms with Gasteiger partial charge in [-0.2, -0.15) is 5.10 Å². The van der Waals surface area contributed by atoms with Crippen LogP contribution in [0.1, 0.15) is 27.0 Å². The van der Waals surface area contributed by atoms with Gasteiger partial charge in [0.25, 0.3) is 5.91 Å². The van der Waals surface area contributed by atoms with Crippen molar-refractivity contribution in [1.82, 2.24) is 5.43 Å². The highest BCUT2D eigenvalue weighted by molar-refractivity contribution is 6.31. The molecule has 0 aliphatic carbocycles. The predicted molar refractivity (Wildman–Crippen MR) is 135 cm³/mol. The number of carbonyl (C=O) groups excluding carboxylic acids is 1. The first kappa shape index (κ1) is 23.1. The van der Waals surface area contributed by atoms with Crippen LogP contribution in [-0.2, 0) is 13.2 Å². The molecule has 0 saturated heterocycles. The van der Waals surface area contributed by atoms with Crippen molar-refractivity contribution >= 4 is 23.7 Å². The second kappa shape index (κ2) is 11.7. The Morgan fingerprint density at radius 3 is 2.44 bits per heavy atom. The van der Waals surface area contributed by atoms with Crippen molar-refractivity contribution < 1.29 is 14.3 Å². The lowest BCUT2D eigenvalue weighted by atomic mass is 10.2. The van der Waals surface area contributed by atoms with E-state index in [1.807, 2.05) is 84.9 Å². The maximum Gasteiger partial charge on any atom is 0.275 e. The van der Waals surface area contributed by atoms with Crippen LogP contribution in [0, 0.1) is 0 Å². The van der Waals surface area contributed by atoms with Crippen molar-refractivity contribution in [3.8, 4) is 11.5 Å². The lowest BCUT2D eigenvalue weighted by Crippen LogP contribution is -2.18. The predicted octanol–water partition coefficient (Wildman–Crippen LogP) is 6.26. The summed E-state index contributed by atoms with van der Waals surface area (Å²) < 4.78 is 11.7. The summed E-state index contributed by atoms with van der Waals surface area (Å²) in [6.07, 6.45) is 1.56. The molecule has 0 fully saturated rings. The van der Waals surface area contributed by atoms with E-state index in [1.165, 1.54) is 0 Å². The average molecular weight is 471 g/mol. The summed E-state index contributed by atoms with van der Waals surface area (Å²) in [5.41, 5.74) is 5.68. The third kappa shape index (κ3) is 6.47. The fourth-order valence-electron chi connectivity index (χ4n) is 3.20. The van der Waals surface area contributed by atoms with Gasteiger partial charge in [-0.15, -0.1) is 0 Å². The largest absolute Gasteiger partial charge is 0.489 e. The highest BCUT2D eigenvalue weighted by atomic mass is 35.5. The lowest BCUT2D eigenvalue weighted by molar-refractivity contribution is 0.0950.